The lowest BCUT2D eigenvalue weighted by molar-refractivity contribution is -0.0925. The number of halogens is 4. The molecule has 0 aliphatic carbocycles. The third kappa shape index (κ3) is 5.59. The Hall–Kier alpha value is -2.80. The molecule has 8 heteroatoms. The summed E-state index contributed by atoms with van der Waals surface area (Å²) in [4.78, 5) is 16.1. The molecule has 0 aromatic heterocycles. The van der Waals surface area contributed by atoms with Gasteiger partial charge in [0, 0.05) is 17.7 Å². The standard InChI is InChI=1S/C19H17ClF3N3O/c1-2-25-18(27)13-9-7-12(8-10-13)16(11-17(24)19(21,22)23)26-15-6-4-3-5-14(15)20/h3-11H,2,24H2,1H3,(H,25,27)/b17-11-,26-16?. The summed E-state index contributed by atoms with van der Waals surface area (Å²) in [6, 6.07) is 12.5. The molecule has 0 bridgehead atoms. The predicted molar refractivity (Wildman–Crippen MR) is 100 cm³/mol. The van der Waals surface area contributed by atoms with Crippen molar-refractivity contribution in [3.05, 3.63) is 76.5 Å². The van der Waals surface area contributed by atoms with Crippen molar-refractivity contribution in [2.45, 2.75) is 13.1 Å². The van der Waals surface area contributed by atoms with E-state index in [1.807, 2.05) is 0 Å². The maximum Gasteiger partial charge on any atom is 0.430 e. The molecular formula is C19H17ClF3N3O. The van der Waals surface area contributed by atoms with Gasteiger partial charge in [-0.15, -0.1) is 0 Å². The van der Waals surface area contributed by atoms with Gasteiger partial charge < -0.3 is 11.1 Å². The summed E-state index contributed by atoms with van der Waals surface area (Å²) in [5, 5.41) is 2.93. The van der Waals surface area contributed by atoms with E-state index in [1.54, 1.807) is 31.2 Å². The van der Waals surface area contributed by atoms with Crippen LogP contribution in [0, 0.1) is 0 Å². The molecule has 0 atom stereocenters. The fraction of sp³-hybridized carbons (Fsp3) is 0.158. The predicted octanol–water partition coefficient (Wildman–Crippen LogP) is 4.62. The Balaban J connectivity index is 2.50. The highest BCUT2D eigenvalue weighted by Gasteiger charge is 2.31. The average molecular weight is 396 g/mol. The monoisotopic (exact) mass is 395 g/mol. The van der Waals surface area contributed by atoms with Crippen LogP contribution in [0.4, 0.5) is 18.9 Å². The Morgan fingerprint density at radius 1 is 1.15 bits per heavy atom. The Morgan fingerprint density at radius 3 is 2.30 bits per heavy atom. The molecule has 0 fully saturated rings. The van der Waals surface area contributed by atoms with Crippen molar-refractivity contribution in [3.63, 3.8) is 0 Å². The number of allylic oxidation sites excluding steroid dienone is 2. The summed E-state index contributed by atoms with van der Waals surface area (Å²) in [5.74, 6) is -0.279. The minimum atomic E-state index is -4.69. The smallest absolute Gasteiger partial charge is 0.395 e. The molecule has 2 rings (SSSR count). The molecule has 142 valence electrons. The largest absolute Gasteiger partial charge is 0.430 e. The van der Waals surface area contributed by atoms with Crippen LogP contribution in [0.5, 0.6) is 0 Å². The zero-order chi connectivity index (χ0) is 20.0. The summed E-state index contributed by atoms with van der Waals surface area (Å²) in [5.41, 5.74) is 4.87. The number of nitrogens with zero attached hydrogens (tertiary/aromatic N) is 1. The molecule has 4 nitrogen and oxygen atoms in total. The number of hydrogen-bond donors (Lipinski definition) is 2. The van der Waals surface area contributed by atoms with Crippen molar-refractivity contribution in [1.82, 2.24) is 5.32 Å². The van der Waals surface area contributed by atoms with Crippen LogP contribution in [0.1, 0.15) is 22.8 Å². The van der Waals surface area contributed by atoms with Crippen molar-refractivity contribution in [2.24, 2.45) is 10.7 Å². The van der Waals surface area contributed by atoms with Gasteiger partial charge in [-0.1, -0.05) is 35.9 Å². The maximum absolute atomic E-state index is 12.9. The lowest BCUT2D eigenvalue weighted by Crippen LogP contribution is -2.22. The lowest BCUT2D eigenvalue weighted by Gasteiger charge is -2.10. The molecule has 0 aliphatic rings. The van der Waals surface area contributed by atoms with Gasteiger partial charge >= 0.3 is 6.18 Å². The second kappa shape index (κ2) is 8.73. The molecule has 0 aliphatic heterocycles. The third-order valence-corrected chi connectivity index (χ3v) is 3.81. The first-order chi connectivity index (χ1) is 12.7. The fourth-order valence-electron chi connectivity index (χ4n) is 2.14. The van der Waals surface area contributed by atoms with E-state index in [0.29, 0.717) is 23.4 Å². The Kier molecular flexibility index (Phi) is 6.63. The number of benzene rings is 2. The first kappa shape index (κ1) is 20.5. The van der Waals surface area contributed by atoms with E-state index in [4.69, 9.17) is 17.3 Å². The van der Waals surface area contributed by atoms with Crippen LogP contribution < -0.4 is 11.1 Å². The van der Waals surface area contributed by atoms with E-state index in [9.17, 15) is 18.0 Å². The molecule has 0 unspecified atom stereocenters. The maximum atomic E-state index is 12.9. The van der Waals surface area contributed by atoms with Crippen molar-refractivity contribution in [2.75, 3.05) is 6.54 Å². The number of nitrogens with two attached hydrogens (primary N) is 1. The van der Waals surface area contributed by atoms with E-state index < -0.39 is 11.9 Å². The highest BCUT2D eigenvalue weighted by molar-refractivity contribution is 6.33. The number of carbonyl (C=O) groups excluding carboxylic acids is 1. The Bertz CT molecular complexity index is 875. The molecule has 0 spiro atoms. The second-order valence-corrected chi connectivity index (χ2v) is 5.89. The van der Waals surface area contributed by atoms with Gasteiger partial charge in [-0.2, -0.15) is 13.2 Å². The molecule has 0 heterocycles. The van der Waals surface area contributed by atoms with Gasteiger partial charge in [0.15, 0.2) is 0 Å². The summed E-state index contributed by atoms with van der Waals surface area (Å²) < 4.78 is 38.6. The van der Waals surface area contributed by atoms with Crippen LogP contribution in [-0.4, -0.2) is 24.3 Å². The summed E-state index contributed by atoms with van der Waals surface area (Å²) in [6.07, 6.45) is -3.95. The number of hydrogen-bond acceptors (Lipinski definition) is 3. The quantitative estimate of drug-likeness (QED) is 0.725. The molecule has 2 aromatic rings. The minimum Gasteiger partial charge on any atom is -0.395 e. The van der Waals surface area contributed by atoms with Gasteiger partial charge in [-0.05, 0) is 37.3 Å². The van der Waals surface area contributed by atoms with Gasteiger partial charge in [0.2, 0.25) is 0 Å². The minimum absolute atomic E-state index is 0.0274. The number of alkyl halides is 3. The van der Waals surface area contributed by atoms with Crippen LogP contribution in [-0.2, 0) is 0 Å². The van der Waals surface area contributed by atoms with Crippen LogP contribution >= 0.6 is 11.6 Å². The van der Waals surface area contributed by atoms with Gasteiger partial charge in [0.25, 0.3) is 5.91 Å². The molecule has 0 saturated heterocycles. The van der Waals surface area contributed by atoms with Crippen molar-refractivity contribution in [1.29, 1.82) is 0 Å². The van der Waals surface area contributed by atoms with E-state index in [2.05, 4.69) is 10.3 Å². The number of nitrogens with one attached hydrogen (secondary N) is 1. The van der Waals surface area contributed by atoms with E-state index >= 15 is 0 Å². The normalized spacial score (nSPS) is 12.8. The van der Waals surface area contributed by atoms with Gasteiger partial charge in [-0.25, -0.2) is 4.99 Å². The van der Waals surface area contributed by atoms with Crippen LogP contribution in [0.25, 0.3) is 0 Å². The molecule has 1 amide bonds. The average Bonchev–Trinajstić information content (AvgIpc) is 2.62. The number of carbonyl (C=O) groups is 1. The molecule has 2 aromatic carbocycles. The zero-order valence-corrected chi connectivity index (χ0v) is 15.1. The molecule has 0 radical (unpaired) electrons. The first-order valence-electron chi connectivity index (χ1n) is 7.98. The van der Waals surface area contributed by atoms with E-state index in [0.717, 1.165) is 6.08 Å². The van der Waals surface area contributed by atoms with E-state index in [-0.39, 0.29) is 16.6 Å². The topological polar surface area (TPSA) is 67.5 Å². The Morgan fingerprint density at radius 2 is 1.74 bits per heavy atom. The van der Waals surface area contributed by atoms with Crippen molar-refractivity contribution in [3.8, 4) is 0 Å². The highest BCUT2D eigenvalue weighted by Crippen LogP contribution is 2.27. The zero-order valence-electron chi connectivity index (χ0n) is 14.3. The van der Waals surface area contributed by atoms with Gasteiger partial charge in [-0.3, -0.25) is 4.79 Å². The fourth-order valence-corrected chi connectivity index (χ4v) is 2.31. The van der Waals surface area contributed by atoms with Crippen molar-refractivity contribution >= 4 is 28.9 Å². The summed E-state index contributed by atoms with van der Waals surface area (Å²) in [7, 11) is 0. The first-order valence-corrected chi connectivity index (χ1v) is 8.36. The summed E-state index contributed by atoms with van der Waals surface area (Å²) in [6.45, 7) is 2.25. The Labute approximate surface area is 159 Å². The van der Waals surface area contributed by atoms with Gasteiger partial charge in [0.05, 0.1) is 16.4 Å². The van der Waals surface area contributed by atoms with Crippen LogP contribution in [0.15, 0.2) is 65.3 Å². The highest BCUT2D eigenvalue weighted by atomic mass is 35.5. The molecular weight excluding hydrogens is 379 g/mol. The summed E-state index contributed by atoms with van der Waals surface area (Å²) >= 11 is 6.05. The van der Waals surface area contributed by atoms with Crippen LogP contribution in [0.3, 0.4) is 0 Å². The SMILES string of the molecule is CCNC(=O)c1ccc(C(/C=C(\N)C(F)(F)F)=Nc2ccccc2Cl)cc1. The van der Waals surface area contributed by atoms with Crippen LogP contribution in [0.2, 0.25) is 5.02 Å². The number of rotatable bonds is 5. The number of para-hydroxylation sites is 1. The van der Waals surface area contributed by atoms with Gasteiger partial charge in [0.1, 0.15) is 5.70 Å². The number of aliphatic imine (C=N–C) groups is 1. The third-order valence-electron chi connectivity index (χ3n) is 3.49. The number of amides is 1. The van der Waals surface area contributed by atoms with E-state index in [1.165, 1.54) is 24.3 Å². The molecule has 0 saturated carbocycles. The molecule has 3 N–H and O–H groups in total. The van der Waals surface area contributed by atoms with Crippen molar-refractivity contribution < 1.29 is 18.0 Å². The molecule has 27 heavy (non-hydrogen) atoms. The second-order valence-electron chi connectivity index (χ2n) is 5.48. The lowest BCUT2D eigenvalue weighted by atomic mass is 10.1.